The summed E-state index contributed by atoms with van der Waals surface area (Å²) in [6.45, 7) is 2.12. The Morgan fingerprint density at radius 2 is 1.82 bits per heavy atom. The number of hydrogen-bond acceptors (Lipinski definition) is 8. The third kappa shape index (κ3) is 6.93. The third-order valence-electron chi connectivity index (χ3n) is 4.59. The number of ether oxygens (including phenoxy) is 2. The molecule has 0 aliphatic carbocycles. The minimum absolute atomic E-state index is 0.138. The molecule has 0 unspecified atom stereocenters. The number of aromatic nitrogens is 2. The van der Waals surface area contributed by atoms with Crippen molar-refractivity contribution in [3.05, 3.63) is 53.0 Å². The maximum Gasteiger partial charge on any atom is 0.258 e. The first-order chi connectivity index (χ1) is 16.0. The van der Waals surface area contributed by atoms with E-state index in [4.69, 9.17) is 9.47 Å². The average Bonchev–Trinajstić information content (AvgIpc) is 3.28. The van der Waals surface area contributed by atoms with Gasteiger partial charge in [-0.05, 0) is 30.7 Å². The molecule has 0 radical (unpaired) electrons. The van der Waals surface area contributed by atoms with E-state index in [1.54, 1.807) is 37.4 Å². The average molecular weight is 487 g/mol. The van der Waals surface area contributed by atoms with Gasteiger partial charge in [-0.1, -0.05) is 36.8 Å². The quantitative estimate of drug-likeness (QED) is 0.372. The van der Waals surface area contributed by atoms with Crippen LogP contribution in [0.5, 0.6) is 11.5 Å². The number of methoxy groups -OCH3 is 2. The molecule has 0 saturated heterocycles. The van der Waals surface area contributed by atoms with Gasteiger partial charge in [-0.15, -0.1) is 22.0 Å². The highest BCUT2D eigenvalue weighted by Gasteiger charge is 2.15. The molecule has 0 fully saturated rings. The fourth-order valence-corrected chi connectivity index (χ4v) is 4.56. The molecule has 0 bridgehead atoms. The van der Waals surface area contributed by atoms with Gasteiger partial charge >= 0.3 is 0 Å². The van der Waals surface area contributed by atoms with Crippen LogP contribution in [0.1, 0.15) is 35.1 Å². The van der Waals surface area contributed by atoms with Crippen molar-refractivity contribution >= 4 is 45.7 Å². The van der Waals surface area contributed by atoms with Gasteiger partial charge in [0.15, 0.2) is 11.5 Å². The Labute approximate surface area is 201 Å². The number of nitrogens with one attached hydrogen (secondary N) is 2. The minimum Gasteiger partial charge on any atom is -0.493 e. The summed E-state index contributed by atoms with van der Waals surface area (Å²) in [5.74, 6) is 0.763. The summed E-state index contributed by atoms with van der Waals surface area (Å²) in [4.78, 5) is 26.0. The highest BCUT2D eigenvalue weighted by molar-refractivity contribution is 8.00. The number of rotatable bonds is 11. The Bertz CT molecular complexity index is 1100. The van der Waals surface area contributed by atoms with Crippen molar-refractivity contribution in [1.82, 2.24) is 10.2 Å². The van der Waals surface area contributed by atoms with Crippen molar-refractivity contribution in [2.45, 2.75) is 31.1 Å². The number of anilines is 2. The van der Waals surface area contributed by atoms with E-state index in [0.29, 0.717) is 32.8 Å². The molecule has 2 aromatic carbocycles. The maximum atomic E-state index is 12.8. The van der Waals surface area contributed by atoms with Gasteiger partial charge < -0.3 is 14.8 Å². The Hall–Kier alpha value is -3.11. The van der Waals surface area contributed by atoms with Crippen molar-refractivity contribution < 1.29 is 19.1 Å². The van der Waals surface area contributed by atoms with Crippen molar-refractivity contribution in [2.75, 3.05) is 30.6 Å². The normalized spacial score (nSPS) is 10.5. The van der Waals surface area contributed by atoms with Crippen LogP contribution in [0.3, 0.4) is 0 Å². The van der Waals surface area contributed by atoms with E-state index >= 15 is 0 Å². The summed E-state index contributed by atoms with van der Waals surface area (Å²) < 4.78 is 10.5. The predicted molar refractivity (Wildman–Crippen MR) is 132 cm³/mol. The van der Waals surface area contributed by atoms with Crippen molar-refractivity contribution in [3.63, 3.8) is 0 Å². The first-order valence-electron chi connectivity index (χ1n) is 10.4. The Morgan fingerprint density at radius 3 is 2.58 bits per heavy atom. The van der Waals surface area contributed by atoms with Gasteiger partial charge in [0.05, 0.1) is 25.5 Å². The van der Waals surface area contributed by atoms with Crippen LogP contribution in [0.25, 0.3) is 0 Å². The molecule has 2 amide bonds. The SMILES string of the molecule is CCCCc1nnc(NC(=O)c2ccccc2SCC(=O)Nc2ccc(OC)c(OC)c2)s1. The van der Waals surface area contributed by atoms with Gasteiger partial charge in [-0.2, -0.15) is 0 Å². The number of nitrogens with zero attached hydrogens (tertiary/aromatic N) is 2. The van der Waals surface area contributed by atoms with Crippen molar-refractivity contribution in [2.24, 2.45) is 0 Å². The molecule has 0 saturated carbocycles. The molecule has 0 aliphatic heterocycles. The lowest BCUT2D eigenvalue weighted by Gasteiger charge is -2.11. The van der Waals surface area contributed by atoms with E-state index in [9.17, 15) is 9.59 Å². The number of carbonyl (C=O) groups is 2. The molecular formula is C23H26N4O4S2. The minimum atomic E-state index is -0.281. The van der Waals surface area contributed by atoms with Gasteiger partial charge in [0.1, 0.15) is 5.01 Å². The van der Waals surface area contributed by atoms with Crippen LogP contribution in [-0.4, -0.2) is 42.0 Å². The van der Waals surface area contributed by atoms with Crippen molar-refractivity contribution in [1.29, 1.82) is 0 Å². The van der Waals surface area contributed by atoms with E-state index in [1.807, 2.05) is 12.1 Å². The molecule has 2 N–H and O–H groups in total. The molecule has 1 heterocycles. The Balaban J connectivity index is 1.60. The molecule has 10 heteroatoms. The van der Waals surface area contributed by atoms with Gasteiger partial charge in [-0.3, -0.25) is 14.9 Å². The second-order valence-corrected chi connectivity index (χ2v) is 9.04. The van der Waals surface area contributed by atoms with E-state index in [-0.39, 0.29) is 17.6 Å². The lowest BCUT2D eigenvalue weighted by atomic mass is 10.2. The Kier molecular flexibility index (Phi) is 9.08. The first kappa shape index (κ1) is 24.5. The standard InChI is InChI=1S/C23H26N4O4S2/c1-4-5-10-21-26-27-23(33-21)25-22(29)16-8-6-7-9-19(16)32-14-20(28)24-15-11-12-17(30-2)18(13-15)31-3/h6-9,11-13H,4-5,10,14H2,1-3H3,(H,24,28)(H,25,27,29). The predicted octanol–water partition coefficient (Wildman–Crippen LogP) is 4.88. The number of amides is 2. The zero-order chi connectivity index (χ0) is 23.6. The van der Waals surface area contributed by atoms with Gasteiger partial charge in [0, 0.05) is 23.1 Å². The molecule has 0 spiro atoms. The van der Waals surface area contributed by atoms with Crippen LogP contribution in [-0.2, 0) is 11.2 Å². The maximum absolute atomic E-state index is 12.8. The first-order valence-corrected chi connectivity index (χ1v) is 12.2. The molecule has 8 nitrogen and oxygen atoms in total. The van der Waals surface area contributed by atoms with Crippen LogP contribution >= 0.6 is 23.1 Å². The summed E-state index contributed by atoms with van der Waals surface area (Å²) in [6.07, 6.45) is 2.96. The zero-order valence-corrected chi connectivity index (χ0v) is 20.3. The molecule has 1 aromatic heterocycles. The zero-order valence-electron chi connectivity index (χ0n) is 18.7. The fourth-order valence-electron chi connectivity index (χ4n) is 2.93. The van der Waals surface area contributed by atoms with E-state index < -0.39 is 0 Å². The van der Waals surface area contributed by atoms with Crippen LogP contribution in [0.15, 0.2) is 47.4 Å². The molecule has 3 rings (SSSR count). The Morgan fingerprint density at radius 1 is 1.03 bits per heavy atom. The molecule has 0 aliphatic rings. The lowest BCUT2D eigenvalue weighted by Crippen LogP contribution is -2.16. The molecule has 3 aromatic rings. The third-order valence-corrected chi connectivity index (χ3v) is 6.56. The highest BCUT2D eigenvalue weighted by Crippen LogP contribution is 2.30. The number of benzene rings is 2. The van der Waals surface area contributed by atoms with Crippen LogP contribution in [0.2, 0.25) is 0 Å². The largest absolute Gasteiger partial charge is 0.493 e. The van der Waals surface area contributed by atoms with E-state index in [1.165, 1.54) is 30.2 Å². The molecule has 33 heavy (non-hydrogen) atoms. The monoisotopic (exact) mass is 486 g/mol. The second-order valence-electron chi connectivity index (χ2n) is 6.96. The summed E-state index contributed by atoms with van der Waals surface area (Å²) in [6, 6.07) is 12.3. The van der Waals surface area contributed by atoms with E-state index in [0.717, 1.165) is 24.3 Å². The lowest BCUT2D eigenvalue weighted by molar-refractivity contribution is -0.113. The number of thioether (sulfide) groups is 1. The second kappa shape index (κ2) is 12.2. The fraction of sp³-hybridized carbons (Fsp3) is 0.304. The summed E-state index contributed by atoms with van der Waals surface area (Å²) in [5.41, 5.74) is 1.08. The van der Waals surface area contributed by atoms with Crippen LogP contribution < -0.4 is 20.1 Å². The number of hydrogen-bond donors (Lipinski definition) is 2. The van der Waals surface area contributed by atoms with E-state index in [2.05, 4.69) is 27.8 Å². The van der Waals surface area contributed by atoms with Crippen molar-refractivity contribution in [3.8, 4) is 11.5 Å². The number of unbranched alkanes of at least 4 members (excludes halogenated alkanes) is 1. The summed E-state index contributed by atoms with van der Waals surface area (Å²) in [7, 11) is 3.09. The van der Waals surface area contributed by atoms with Gasteiger partial charge in [-0.25, -0.2) is 0 Å². The van der Waals surface area contributed by atoms with Crippen LogP contribution in [0, 0.1) is 0 Å². The van der Waals surface area contributed by atoms with Gasteiger partial charge in [0.25, 0.3) is 5.91 Å². The topological polar surface area (TPSA) is 102 Å². The molecule has 174 valence electrons. The van der Waals surface area contributed by atoms with Crippen LogP contribution in [0.4, 0.5) is 10.8 Å². The summed E-state index contributed by atoms with van der Waals surface area (Å²) in [5, 5.41) is 15.2. The smallest absolute Gasteiger partial charge is 0.258 e. The summed E-state index contributed by atoms with van der Waals surface area (Å²) >= 11 is 2.67. The molecular weight excluding hydrogens is 460 g/mol. The highest BCUT2D eigenvalue weighted by atomic mass is 32.2. The molecule has 0 atom stereocenters. The number of aryl methyl sites for hydroxylation is 1. The van der Waals surface area contributed by atoms with Gasteiger partial charge in [0.2, 0.25) is 11.0 Å². The number of carbonyl (C=O) groups excluding carboxylic acids is 2.